The van der Waals surface area contributed by atoms with Crippen molar-refractivity contribution in [1.82, 2.24) is 0 Å². The zero-order chi connectivity index (χ0) is 15.5. The number of rotatable bonds is 10. The summed E-state index contributed by atoms with van der Waals surface area (Å²) in [5.74, 6) is -0.545. The van der Waals surface area contributed by atoms with E-state index in [9.17, 15) is 9.59 Å². The van der Waals surface area contributed by atoms with E-state index in [2.05, 4.69) is 6.92 Å². The number of amides is 1. The fourth-order valence-corrected chi connectivity index (χ4v) is 1.90. The van der Waals surface area contributed by atoms with Gasteiger partial charge in [-0.15, -0.1) is 0 Å². The molecule has 2 N–H and O–H groups in total. The van der Waals surface area contributed by atoms with Crippen molar-refractivity contribution in [2.45, 2.75) is 45.4 Å². The molecule has 1 rings (SSSR count). The third-order valence-electron chi connectivity index (χ3n) is 3.07. The summed E-state index contributed by atoms with van der Waals surface area (Å²) in [7, 11) is 0. The van der Waals surface area contributed by atoms with Crippen LogP contribution in [0.1, 0.15) is 55.8 Å². The summed E-state index contributed by atoms with van der Waals surface area (Å²) in [5, 5.41) is 0. The van der Waals surface area contributed by atoms with Gasteiger partial charge in [-0.25, -0.2) is 0 Å². The van der Waals surface area contributed by atoms with E-state index < -0.39 is 5.91 Å². The molecule has 0 spiro atoms. The van der Waals surface area contributed by atoms with Crippen molar-refractivity contribution in [3.05, 3.63) is 29.8 Å². The van der Waals surface area contributed by atoms with E-state index in [-0.39, 0.29) is 47.9 Å². The van der Waals surface area contributed by atoms with Crippen molar-refractivity contribution in [3.8, 4) is 5.75 Å². The molecule has 0 unspecified atom stereocenters. The number of hydrogen-bond acceptors (Lipinski definition) is 4. The summed E-state index contributed by atoms with van der Waals surface area (Å²) in [6, 6.07) is 6.58. The first-order valence-electron chi connectivity index (χ1n) is 7.32. The van der Waals surface area contributed by atoms with Crippen LogP contribution in [0.5, 0.6) is 5.75 Å². The molecule has 0 radical (unpaired) electrons. The van der Waals surface area contributed by atoms with Crippen molar-refractivity contribution < 1.29 is 19.1 Å². The average molecular weight is 317 g/mol. The molecule has 0 heterocycles. The summed E-state index contributed by atoms with van der Waals surface area (Å²) in [5.41, 5.74) is 5.50. The van der Waals surface area contributed by atoms with Gasteiger partial charge in [0.2, 0.25) is 6.79 Å². The summed E-state index contributed by atoms with van der Waals surface area (Å²) in [6.45, 7) is 1.94. The van der Waals surface area contributed by atoms with Crippen LogP contribution in [0.3, 0.4) is 0 Å². The predicted molar refractivity (Wildman–Crippen MR) is 87.1 cm³/mol. The van der Waals surface area contributed by atoms with Gasteiger partial charge in [-0.3, -0.25) is 9.59 Å². The molecule has 22 heavy (non-hydrogen) atoms. The third kappa shape index (κ3) is 8.41. The molecule has 0 saturated carbocycles. The molecule has 0 bridgehead atoms. The molecule has 0 aromatic heterocycles. The summed E-state index contributed by atoms with van der Waals surface area (Å²) in [4.78, 5) is 22.7. The van der Waals surface area contributed by atoms with Gasteiger partial charge < -0.3 is 15.2 Å². The van der Waals surface area contributed by atoms with Gasteiger partial charge in [0.15, 0.2) is 0 Å². The minimum atomic E-state index is -0.576. The number of primary amides is 1. The molecule has 1 amide bonds. The van der Waals surface area contributed by atoms with Gasteiger partial charge in [0.25, 0.3) is 5.91 Å². The molecule has 0 aliphatic rings. The molecular formula is C16H24NNaO4. The molecule has 0 aliphatic carbocycles. The fourth-order valence-electron chi connectivity index (χ4n) is 1.90. The quantitative estimate of drug-likeness (QED) is 0.311. The second-order valence-electron chi connectivity index (χ2n) is 4.80. The van der Waals surface area contributed by atoms with Gasteiger partial charge in [0, 0.05) is 6.42 Å². The molecule has 0 atom stereocenters. The second-order valence-corrected chi connectivity index (χ2v) is 4.80. The molecule has 118 valence electrons. The SMILES string of the molecule is CCCCCCCC(=O)OCOc1ccccc1C(N)=O.[NaH]. The zero-order valence-corrected chi connectivity index (χ0v) is 12.5. The standard InChI is InChI=1S/C16H23NO4.Na.H/c1-2-3-4-5-6-11-15(18)21-12-20-14-10-8-7-9-13(14)16(17)19;;/h7-10H,2-6,11-12H2,1H3,(H2,17,19);;. The van der Waals surface area contributed by atoms with Crippen LogP contribution in [0.25, 0.3) is 0 Å². The number of unbranched alkanes of at least 4 members (excludes halogenated alkanes) is 4. The van der Waals surface area contributed by atoms with E-state index in [1.165, 1.54) is 12.8 Å². The van der Waals surface area contributed by atoms with Gasteiger partial charge in [0.05, 0.1) is 5.56 Å². The Bertz CT molecular complexity index is 465. The summed E-state index contributed by atoms with van der Waals surface area (Å²) >= 11 is 0. The number of hydrogen-bond donors (Lipinski definition) is 1. The van der Waals surface area contributed by atoms with E-state index in [1.807, 2.05) is 0 Å². The number of ether oxygens (including phenoxy) is 2. The Hall–Kier alpha value is -1.04. The molecule has 1 aromatic rings. The topological polar surface area (TPSA) is 78.6 Å². The number of nitrogens with two attached hydrogens (primary N) is 1. The number of para-hydroxylation sites is 1. The molecule has 0 fully saturated rings. The minimum absolute atomic E-state index is 0. The fraction of sp³-hybridized carbons (Fsp3) is 0.500. The van der Waals surface area contributed by atoms with Crippen LogP contribution in [0, 0.1) is 0 Å². The summed E-state index contributed by atoms with van der Waals surface area (Å²) < 4.78 is 10.2. The van der Waals surface area contributed by atoms with Crippen molar-refractivity contribution in [2.24, 2.45) is 5.73 Å². The Morgan fingerprint density at radius 3 is 2.45 bits per heavy atom. The zero-order valence-electron chi connectivity index (χ0n) is 12.5. The first-order chi connectivity index (χ1) is 10.1. The Kier molecular flexibility index (Phi) is 11.9. The van der Waals surface area contributed by atoms with Gasteiger partial charge in [-0.1, -0.05) is 44.7 Å². The second kappa shape index (κ2) is 12.5. The first kappa shape index (κ1) is 21.0. The maximum absolute atomic E-state index is 11.5. The van der Waals surface area contributed by atoms with Crippen LogP contribution in [0.15, 0.2) is 24.3 Å². The van der Waals surface area contributed by atoms with Crippen LogP contribution >= 0.6 is 0 Å². The Labute approximate surface area is 153 Å². The van der Waals surface area contributed by atoms with E-state index in [0.29, 0.717) is 12.2 Å². The van der Waals surface area contributed by atoms with Crippen LogP contribution in [-0.2, 0) is 9.53 Å². The van der Waals surface area contributed by atoms with Gasteiger partial charge >= 0.3 is 35.5 Å². The molecule has 0 saturated heterocycles. The van der Waals surface area contributed by atoms with Crippen molar-refractivity contribution in [2.75, 3.05) is 6.79 Å². The molecule has 6 heteroatoms. The van der Waals surface area contributed by atoms with Crippen molar-refractivity contribution in [1.29, 1.82) is 0 Å². The van der Waals surface area contributed by atoms with Gasteiger partial charge in [-0.05, 0) is 18.6 Å². The Balaban J connectivity index is 0.00000441. The third-order valence-corrected chi connectivity index (χ3v) is 3.07. The molecule has 1 aromatic carbocycles. The van der Waals surface area contributed by atoms with Crippen LogP contribution < -0.4 is 10.5 Å². The average Bonchev–Trinajstić information content (AvgIpc) is 2.47. The number of carbonyl (C=O) groups excluding carboxylic acids is 2. The van der Waals surface area contributed by atoms with Crippen LogP contribution in [0.4, 0.5) is 0 Å². The molecular weight excluding hydrogens is 293 g/mol. The molecule has 0 aliphatic heterocycles. The van der Waals surface area contributed by atoms with Crippen LogP contribution in [0.2, 0.25) is 0 Å². The van der Waals surface area contributed by atoms with Crippen LogP contribution in [-0.4, -0.2) is 48.2 Å². The predicted octanol–water partition coefficient (Wildman–Crippen LogP) is 2.38. The number of carbonyl (C=O) groups is 2. The van der Waals surface area contributed by atoms with E-state index in [0.717, 1.165) is 19.3 Å². The first-order valence-corrected chi connectivity index (χ1v) is 7.32. The Morgan fingerprint density at radius 1 is 1.09 bits per heavy atom. The summed E-state index contributed by atoms with van der Waals surface area (Å²) in [6.07, 6.45) is 5.78. The Morgan fingerprint density at radius 2 is 1.77 bits per heavy atom. The monoisotopic (exact) mass is 317 g/mol. The van der Waals surface area contributed by atoms with Gasteiger partial charge in [0.1, 0.15) is 5.75 Å². The normalized spacial score (nSPS) is 9.68. The van der Waals surface area contributed by atoms with Crippen molar-refractivity contribution in [3.63, 3.8) is 0 Å². The van der Waals surface area contributed by atoms with E-state index in [4.69, 9.17) is 15.2 Å². The number of esters is 1. The van der Waals surface area contributed by atoms with E-state index >= 15 is 0 Å². The van der Waals surface area contributed by atoms with Crippen molar-refractivity contribution >= 4 is 41.4 Å². The number of benzene rings is 1. The van der Waals surface area contributed by atoms with Gasteiger partial charge in [-0.2, -0.15) is 0 Å². The van der Waals surface area contributed by atoms with E-state index in [1.54, 1.807) is 24.3 Å². The maximum atomic E-state index is 11.5. The molecule has 5 nitrogen and oxygen atoms in total.